The predicted octanol–water partition coefficient (Wildman–Crippen LogP) is 2.57. The minimum absolute atomic E-state index is 0.394. The van der Waals surface area contributed by atoms with Crippen LogP contribution < -0.4 is 5.32 Å². The number of benzene rings is 2. The molecule has 6 heteroatoms. The fourth-order valence-corrected chi connectivity index (χ4v) is 2.89. The normalized spacial score (nSPS) is 12.9. The number of carbonyl (C=O) groups is 1. The number of nitrogens with zero attached hydrogens (tertiary/aromatic N) is 1. The number of carbonyl (C=O) groups excluding carboxylic acids is 1. The Balaban J connectivity index is 2.35. The second-order valence-electron chi connectivity index (χ2n) is 5.45. The SMILES string of the molecule is Cc1cccc(NC(=O)[C@@H](c2ccccc2)N(C)S(C)(=O)=O)c1. The molecule has 0 unspecified atom stereocenters. The second-order valence-corrected chi connectivity index (χ2v) is 7.49. The highest BCUT2D eigenvalue weighted by Gasteiger charge is 2.30. The summed E-state index contributed by atoms with van der Waals surface area (Å²) in [6.07, 6.45) is 1.09. The Hall–Kier alpha value is -2.18. The molecule has 0 radical (unpaired) electrons. The van der Waals surface area contributed by atoms with Crippen LogP contribution >= 0.6 is 0 Å². The van der Waals surface area contributed by atoms with E-state index in [9.17, 15) is 13.2 Å². The van der Waals surface area contributed by atoms with Crippen LogP contribution in [0.4, 0.5) is 5.69 Å². The Labute approximate surface area is 137 Å². The Kier molecular flexibility index (Phi) is 5.18. The zero-order valence-corrected chi connectivity index (χ0v) is 14.2. The topological polar surface area (TPSA) is 66.5 Å². The number of nitrogens with one attached hydrogen (secondary N) is 1. The van der Waals surface area contributed by atoms with Crippen molar-refractivity contribution in [2.24, 2.45) is 0 Å². The number of hydrogen-bond acceptors (Lipinski definition) is 3. The van der Waals surface area contributed by atoms with E-state index in [0.717, 1.165) is 16.1 Å². The van der Waals surface area contributed by atoms with Gasteiger partial charge in [0.15, 0.2) is 0 Å². The van der Waals surface area contributed by atoms with Crippen molar-refractivity contribution in [3.63, 3.8) is 0 Å². The highest BCUT2D eigenvalue weighted by Crippen LogP contribution is 2.24. The van der Waals surface area contributed by atoms with Crippen molar-refractivity contribution in [1.29, 1.82) is 0 Å². The molecule has 0 aliphatic rings. The third-order valence-electron chi connectivity index (χ3n) is 3.54. The highest BCUT2D eigenvalue weighted by molar-refractivity contribution is 7.88. The first-order valence-electron chi connectivity index (χ1n) is 7.14. The molecule has 2 aromatic carbocycles. The van der Waals surface area contributed by atoms with E-state index < -0.39 is 22.0 Å². The molecule has 0 heterocycles. The van der Waals surface area contributed by atoms with E-state index in [4.69, 9.17) is 0 Å². The van der Waals surface area contributed by atoms with Crippen molar-refractivity contribution in [2.45, 2.75) is 13.0 Å². The predicted molar refractivity (Wildman–Crippen MR) is 91.6 cm³/mol. The lowest BCUT2D eigenvalue weighted by molar-refractivity contribution is -0.119. The van der Waals surface area contributed by atoms with Gasteiger partial charge in [0.2, 0.25) is 15.9 Å². The summed E-state index contributed by atoms with van der Waals surface area (Å²) in [6.45, 7) is 1.92. The number of hydrogen-bond donors (Lipinski definition) is 1. The van der Waals surface area contributed by atoms with Crippen molar-refractivity contribution in [3.8, 4) is 0 Å². The van der Waals surface area contributed by atoms with Crippen molar-refractivity contribution >= 4 is 21.6 Å². The van der Waals surface area contributed by atoms with Gasteiger partial charge in [0.05, 0.1) is 6.26 Å². The molecule has 0 saturated carbocycles. The maximum Gasteiger partial charge on any atom is 0.247 e. The Morgan fingerprint density at radius 3 is 2.30 bits per heavy atom. The van der Waals surface area contributed by atoms with Gasteiger partial charge in [-0.3, -0.25) is 4.79 Å². The summed E-state index contributed by atoms with van der Waals surface area (Å²) in [7, 11) is -2.12. The average Bonchev–Trinajstić information content (AvgIpc) is 2.47. The average molecular weight is 332 g/mol. The van der Waals surface area contributed by atoms with Gasteiger partial charge in [-0.2, -0.15) is 4.31 Å². The van der Waals surface area contributed by atoms with E-state index in [1.165, 1.54) is 7.05 Å². The zero-order valence-electron chi connectivity index (χ0n) is 13.4. The Morgan fingerprint density at radius 2 is 1.74 bits per heavy atom. The van der Waals surface area contributed by atoms with Gasteiger partial charge in [-0.1, -0.05) is 42.5 Å². The molecule has 0 saturated heterocycles. The number of rotatable bonds is 5. The maximum absolute atomic E-state index is 12.7. The lowest BCUT2D eigenvalue weighted by Crippen LogP contribution is -2.38. The van der Waals surface area contributed by atoms with Crippen LogP contribution in [0.2, 0.25) is 0 Å². The third kappa shape index (κ3) is 4.40. The minimum Gasteiger partial charge on any atom is -0.324 e. The Bertz CT molecular complexity index is 788. The number of aryl methyl sites for hydroxylation is 1. The summed E-state index contributed by atoms with van der Waals surface area (Å²) in [5, 5.41) is 2.79. The minimum atomic E-state index is -3.52. The smallest absolute Gasteiger partial charge is 0.247 e. The van der Waals surface area contributed by atoms with Gasteiger partial charge in [0.25, 0.3) is 0 Å². The van der Waals surface area contributed by atoms with Crippen LogP contribution in [0.15, 0.2) is 54.6 Å². The van der Waals surface area contributed by atoms with Gasteiger partial charge in [0, 0.05) is 12.7 Å². The first-order valence-corrected chi connectivity index (χ1v) is 8.99. The van der Waals surface area contributed by atoms with Crippen molar-refractivity contribution in [1.82, 2.24) is 4.31 Å². The quantitative estimate of drug-likeness (QED) is 0.915. The van der Waals surface area contributed by atoms with Crippen molar-refractivity contribution in [2.75, 3.05) is 18.6 Å². The third-order valence-corrected chi connectivity index (χ3v) is 4.79. The molecule has 2 aromatic rings. The second kappa shape index (κ2) is 6.93. The van der Waals surface area contributed by atoms with Gasteiger partial charge in [0.1, 0.15) is 6.04 Å². The van der Waals surface area contributed by atoms with Gasteiger partial charge < -0.3 is 5.32 Å². The molecule has 0 bridgehead atoms. The van der Waals surface area contributed by atoms with E-state index in [-0.39, 0.29) is 0 Å². The first-order chi connectivity index (χ1) is 10.8. The van der Waals surface area contributed by atoms with Crippen molar-refractivity contribution in [3.05, 3.63) is 65.7 Å². The summed E-state index contributed by atoms with van der Waals surface area (Å²) >= 11 is 0. The summed E-state index contributed by atoms with van der Waals surface area (Å²) in [5.74, 6) is -0.394. The van der Waals surface area contributed by atoms with E-state index in [1.807, 2.05) is 31.2 Å². The molecule has 0 aliphatic carbocycles. The summed E-state index contributed by atoms with van der Waals surface area (Å²) in [4.78, 5) is 12.7. The molecule has 0 aromatic heterocycles. The Morgan fingerprint density at radius 1 is 1.09 bits per heavy atom. The van der Waals surface area contributed by atoms with E-state index in [2.05, 4.69) is 5.32 Å². The maximum atomic E-state index is 12.7. The van der Waals surface area contributed by atoms with E-state index >= 15 is 0 Å². The molecular weight excluding hydrogens is 312 g/mol. The molecule has 0 fully saturated rings. The fourth-order valence-electron chi connectivity index (χ4n) is 2.29. The van der Waals surface area contributed by atoms with Crippen LogP contribution in [0.3, 0.4) is 0 Å². The number of amides is 1. The fraction of sp³-hybridized carbons (Fsp3) is 0.235. The molecular formula is C17H20N2O3S. The van der Waals surface area contributed by atoms with Crippen LogP contribution in [-0.2, 0) is 14.8 Å². The van der Waals surface area contributed by atoms with Gasteiger partial charge >= 0.3 is 0 Å². The van der Waals surface area contributed by atoms with E-state index in [0.29, 0.717) is 11.3 Å². The summed E-state index contributed by atoms with van der Waals surface area (Å²) < 4.78 is 24.9. The van der Waals surface area contributed by atoms with Gasteiger partial charge in [-0.05, 0) is 30.2 Å². The number of likely N-dealkylation sites (N-methyl/N-ethyl adjacent to an activating group) is 1. The number of anilines is 1. The van der Waals surface area contributed by atoms with Crippen molar-refractivity contribution < 1.29 is 13.2 Å². The lowest BCUT2D eigenvalue weighted by Gasteiger charge is -2.25. The summed E-state index contributed by atoms with van der Waals surface area (Å²) in [6, 6.07) is 15.3. The first kappa shape index (κ1) is 17.2. The standard InChI is InChI=1S/C17H20N2O3S/c1-13-8-7-11-15(12-13)18-17(20)16(19(2)23(3,21)22)14-9-5-4-6-10-14/h4-12,16H,1-3H3,(H,18,20)/t16-/m1/s1. The monoisotopic (exact) mass is 332 g/mol. The van der Waals surface area contributed by atoms with Crippen LogP contribution in [0.25, 0.3) is 0 Å². The molecule has 0 spiro atoms. The van der Waals surface area contributed by atoms with E-state index in [1.54, 1.807) is 30.3 Å². The molecule has 0 aliphatic heterocycles. The molecule has 23 heavy (non-hydrogen) atoms. The van der Waals surface area contributed by atoms with Crippen LogP contribution in [0.5, 0.6) is 0 Å². The lowest BCUT2D eigenvalue weighted by atomic mass is 10.1. The molecule has 2 rings (SSSR count). The molecule has 122 valence electrons. The molecule has 1 N–H and O–H groups in total. The molecule has 1 atom stereocenters. The molecule has 1 amide bonds. The zero-order chi connectivity index (χ0) is 17.0. The van der Waals surface area contributed by atoms with Gasteiger partial charge in [-0.15, -0.1) is 0 Å². The van der Waals surface area contributed by atoms with Crippen LogP contribution in [-0.4, -0.2) is 31.9 Å². The van der Waals surface area contributed by atoms with Crippen LogP contribution in [0.1, 0.15) is 17.2 Å². The summed E-state index contributed by atoms with van der Waals surface area (Å²) in [5.41, 5.74) is 2.26. The van der Waals surface area contributed by atoms with Gasteiger partial charge in [-0.25, -0.2) is 8.42 Å². The van der Waals surface area contributed by atoms with Crippen LogP contribution in [0, 0.1) is 6.92 Å². The number of sulfonamides is 1. The largest absolute Gasteiger partial charge is 0.324 e. The molecule has 5 nitrogen and oxygen atoms in total. The highest BCUT2D eigenvalue weighted by atomic mass is 32.2.